The van der Waals surface area contributed by atoms with Gasteiger partial charge in [-0.2, -0.15) is 0 Å². The zero-order valence-corrected chi connectivity index (χ0v) is 54.8. The van der Waals surface area contributed by atoms with Crippen LogP contribution in [0.4, 0.5) is 34.5 Å². The Labute approximate surface area is 549 Å². The predicted molar refractivity (Wildman–Crippen MR) is 346 cm³/mol. The molecular formula is C60H78N22O14. The first-order valence-corrected chi connectivity index (χ1v) is 30.0. The van der Waals surface area contributed by atoms with E-state index in [9.17, 15) is 62.6 Å². The number of amides is 11. The molecule has 0 saturated carbocycles. The number of hydrogen-bond acceptors (Lipinski definition) is 17. The maximum atomic E-state index is 13.3. The lowest BCUT2D eigenvalue weighted by molar-refractivity contribution is -0.161. The van der Waals surface area contributed by atoms with E-state index in [1.165, 1.54) is 96.6 Å². The zero-order chi connectivity index (χ0) is 70.3. The van der Waals surface area contributed by atoms with Crippen LogP contribution in [0.2, 0.25) is 0 Å². The predicted octanol–water partition coefficient (Wildman–Crippen LogP) is 1.34. The number of imidazole rings is 4. The van der Waals surface area contributed by atoms with E-state index >= 15 is 0 Å². The van der Waals surface area contributed by atoms with Gasteiger partial charge in [-0.25, -0.2) is 24.7 Å². The van der Waals surface area contributed by atoms with Gasteiger partial charge in [-0.1, -0.05) is 0 Å². The number of nitrogens with zero attached hydrogens (tertiary/aromatic N) is 11. The fourth-order valence-corrected chi connectivity index (χ4v) is 9.35. The van der Waals surface area contributed by atoms with E-state index in [4.69, 9.17) is 4.74 Å². The van der Waals surface area contributed by atoms with Crippen LogP contribution in [0.5, 0.6) is 0 Å². The van der Waals surface area contributed by atoms with Crippen molar-refractivity contribution in [1.82, 2.24) is 78.5 Å². The second-order valence-electron chi connectivity index (χ2n) is 23.4. The molecule has 36 nitrogen and oxygen atoms in total. The lowest BCUT2D eigenvalue weighted by Gasteiger charge is -2.28. The molecule has 7 heterocycles. The molecule has 0 spiro atoms. The third kappa shape index (κ3) is 19.7. The molecule has 0 atom stereocenters. The van der Waals surface area contributed by atoms with Crippen LogP contribution in [-0.2, 0) is 78.0 Å². The molecule has 0 unspecified atom stereocenters. The first-order valence-electron chi connectivity index (χ1n) is 30.0. The van der Waals surface area contributed by atoms with Gasteiger partial charge in [-0.15, -0.1) is 0 Å². The molecule has 96 heavy (non-hydrogen) atoms. The molecule has 0 aliphatic rings. The number of aromatic nitrogens is 11. The Kier molecular flexibility index (Phi) is 23.4. The van der Waals surface area contributed by atoms with E-state index in [1.807, 2.05) is 0 Å². The highest BCUT2D eigenvalue weighted by Crippen LogP contribution is 2.20. The van der Waals surface area contributed by atoms with Gasteiger partial charge < -0.3 is 100 Å². The highest BCUT2D eigenvalue weighted by molar-refractivity contribution is 6.06. The Morgan fingerprint density at radius 3 is 1.29 bits per heavy atom. The van der Waals surface area contributed by atoms with E-state index in [-0.39, 0.29) is 140 Å². The number of ether oxygens (including phenoxy) is 1. The Hall–Kier alpha value is -11.7. The van der Waals surface area contributed by atoms with Gasteiger partial charge in [0.2, 0.25) is 41.1 Å². The van der Waals surface area contributed by atoms with Crippen LogP contribution < -0.4 is 58.5 Å². The van der Waals surface area contributed by atoms with Gasteiger partial charge in [0.05, 0.1) is 23.7 Å². The van der Waals surface area contributed by atoms with Crippen LogP contribution in [0.25, 0.3) is 0 Å². The molecule has 11 amide bonds. The van der Waals surface area contributed by atoms with Crippen molar-refractivity contribution in [2.75, 3.05) is 64.7 Å². The van der Waals surface area contributed by atoms with Crippen molar-refractivity contribution in [2.24, 2.45) is 49.3 Å². The van der Waals surface area contributed by atoms with E-state index in [2.05, 4.69) is 78.4 Å². The summed E-state index contributed by atoms with van der Waals surface area (Å²) in [6, 6.07) is 4.37. The van der Waals surface area contributed by atoms with E-state index in [1.54, 1.807) is 80.1 Å². The number of rotatable bonds is 32. The molecule has 0 aliphatic heterocycles. The van der Waals surface area contributed by atoms with E-state index in [0.29, 0.717) is 12.1 Å². The molecule has 0 bridgehead atoms. The number of carbonyl (C=O) groups is 12. The van der Waals surface area contributed by atoms with E-state index in [0.717, 1.165) is 0 Å². The largest absolute Gasteiger partial charge is 0.479 e. The maximum Gasteiger partial charge on any atom is 0.335 e. The number of carboxylic acid groups (broad SMARTS) is 1. The van der Waals surface area contributed by atoms with Gasteiger partial charge in [-0.3, -0.25) is 52.7 Å². The normalized spacial score (nSPS) is 11.3. The first-order chi connectivity index (χ1) is 45.3. The lowest BCUT2D eigenvalue weighted by atomic mass is 10.0. The Bertz CT molecular complexity index is 4110. The fraction of sp³-hybridized carbons (Fsp3) is 0.400. The van der Waals surface area contributed by atoms with Crippen LogP contribution in [-0.4, -0.2) is 172 Å². The molecule has 7 aromatic rings. The molecule has 12 N–H and O–H groups in total. The Balaban J connectivity index is 0.760. The maximum absolute atomic E-state index is 13.3. The smallest absolute Gasteiger partial charge is 0.335 e. The number of nitrogens with one attached hydrogen (secondary N) is 11. The number of aryl methyl sites for hydroxylation is 7. The van der Waals surface area contributed by atoms with Crippen LogP contribution in [0, 0.1) is 0 Å². The van der Waals surface area contributed by atoms with Crippen LogP contribution in [0.3, 0.4) is 0 Å². The van der Waals surface area contributed by atoms with Gasteiger partial charge in [0.25, 0.3) is 41.4 Å². The minimum Gasteiger partial charge on any atom is -0.479 e. The van der Waals surface area contributed by atoms with Gasteiger partial charge in [0.15, 0.2) is 28.9 Å². The molecule has 0 fully saturated rings. The van der Waals surface area contributed by atoms with Crippen LogP contribution in [0.15, 0.2) is 67.8 Å². The van der Waals surface area contributed by atoms with Crippen molar-refractivity contribution in [3.8, 4) is 0 Å². The number of carbonyl (C=O) groups excluding carboxylic acids is 11. The monoisotopic (exact) mass is 1330 g/mol. The second-order valence-corrected chi connectivity index (χ2v) is 23.4. The molecule has 512 valence electrons. The summed E-state index contributed by atoms with van der Waals surface area (Å²) >= 11 is 0. The average molecular weight is 1330 g/mol. The van der Waals surface area contributed by atoms with Crippen molar-refractivity contribution in [1.29, 1.82) is 0 Å². The first kappa shape index (κ1) is 71.7. The van der Waals surface area contributed by atoms with Gasteiger partial charge in [0.1, 0.15) is 17.1 Å². The molecular weight excluding hydrogens is 1250 g/mol. The Morgan fingerprint density at radius 1 is 0.427 bits per heavy atom. The summed E-state index contributed by atoms with van der Waals surface area (Å²) < 4.78 is 15.7. The Morgan fingerprint density at radius 2 is 0.823 bits per heavy atom. The number of carboxylic acids is 1. The third-order valence-corrected chi connectivity index (χ3v) is 14.5. The highest BCUT2D eigenvalue weighted by atomic mass is 16.5. The molecule has 0 saturated heterocycles. The molecule has 36 heteroatoms. The second kappa shape index (κ2) is 31.3. The van der Waals surface area contributed by atoms with Gasteiger partial charge >= 0.3 is 5.97 Å². The molecule has 7 aromatic heterocycles. The summed E-state index contributed by atoms with van der Waals surface area (Å²) in [4.78, 5) is 170. The molecule has 0 aromatic carbocycles. The SMILES string of the molecule is Cn1cc(NC(=O)c2nc(NC(=O)CCNC(=O)c3cc(NC(=O)c4nccn4C)cn3C)cn2C)cc1C(=O)NCCCC(=O)Nc1cn(C)c(C(=O)NCCC(=O)Nc2cc(C(=O)Nc3cn(C)c(C(=O)NCCC(=O)NC(C)(C)CCOC(C)(C)C(=O)O)n3)n(C)c2)n1. The van der Waals surface area contributed by atoms with Crippen molar-refractivity contribution in [3.05, 3.63) is 108 Å². The zero-order valence-electron chi connectivity index (χ0n) is 54.8. The third-order valence-electron chi connectivity index (χ3n) is 14.5. The van der Waals surface area contributed by atoms with Crippen molar-refractivity contribution < 1.29 is 67.4 Å². The highest BCUT2D eigenvalue weighted by Gasteiger charge is 2.30. The topological polar surface area (TPSA) is 453 Å². The summed E-state index contributed by atoms with van der Waals surface area (Å²) in [5.41, 5.74) is -0.603. The van der Waals surface area contributed by atoms with E-state index < -0.39 is 76.2 Å². The minimum absolute atomic E-state index is 0.0271. The molecule has 7 rings (SSSR count). The summed E-state index contributed by atoms with van der Waals surface area (Å²) in [5.74, 6) is -6.53. The van der Waals surface area contributed by atoms with Crippen molar-refractivity contribution in [3.63, 3.8) is 0 Å². The van der Waals surface area contributed by atoms with Crippen LogP contribution in [0.1, 0.15) is 140 Å². The van der Waals surface area contributed by atoms with Crippen LogP contribution >= 0.6 is 0 Å². The fourth-order valence-electron chi connectivity index (χ4n) is 9.35. The number of hydrogen-bond donors (Lipinski definition) is 12. The molecule has 0 aliphatic carbocycles. The summed E-state index contributed by atoms with van der Waals surface area (Å²) in [5, 5.41) is 38.7. The van der Waals surface area contributed by atoms with Gasteiger partial charge in [0, 0.05) is 156 Å². The number of anilines is 6. The van der Waals surface area contributed by atoms with Crippen molar-refractivity contribution >= 4 is 105 Å². The minimum atomic E-state index is -1.38. The lowest BCUT2D eigenvalue weighted by Crippen LogP contribution is -2.46. The summed E-state index contributed by atoms with van der Waals surface area (Å²) in [6.07, 6.45) is 12.2. The standard InChI is InChI=1S/C60H78N22O14/c1-59(2,17-24-96-60(3,4)58(94)95)75-46(86)16-21-65-55(91)49-73-42(33-81(49)10)74-53(89)39-25-34(28-79(39)8)66-44(84)14-20-64-54(90)48-71-40(31-80(48)9)69-43(83)13-12-18-62-51(87)37-27-36(30-77(37)6)68-57(93)50-72-41(32-82(50)11)70-45(85)15-19-63-52(88)38-26-35(29-78(38)7)67-56(92)47-61-22-23-76(47)5/h22-23,25-33H,12-21,24H2,1-11H3,(H,62,87)(H,63,88)(H,64,90)(H,65,91)(H,66,84)(H,67,92)(H,68,93)(H,69,83)(H,70,85)(H,74,89)(H,75,86)(H,94,95). The summed E-state index contributed by atoms with van der Waals surface area (Å²) in [6.45, 7) is 6.43. The quantitative estimate of drug-likeness (QED) is 0.0265. The number of aliphatic carboxylic acids is 1. The summed E-state index contributed by atoms with van der Waals surface area (Å²) in [7, 11) is 11.1. The average Bonchev–Trinajstić information content (AvgIpc) is 1.70. The molecule has 0 radical (unpaired) electrons. The van der Waals surface area contributed by atoms with Gasteiger partial charge in [-0.05, 0) is 58.7 Å². The van der Waals surface area contributed by atoms with Crippen molar-refractivity contribution in [2.45, 2.75) is 77.4 Å².